The molecule has 0 aromatic rings. The van der Waals surface area contributed by atoms with E-state index in [0.29, 0.717) is 0 Å². The van der Waals surface area contributed by atoms with Crippen molar-refractivity contribution in [3.63, 3.8) is 0 Å². The maximum atomic E-state index is 9.87. The van der Waals surface area contributed by atoms with E-state index in [4.69, 9.17) is 0 Å². The van der Waals surface area contributed by atoms with Crippen LogP contribution in [0.4, 0.5) is 25.2 Å². The number of hydrogen-bond acceptors (Lipinski definition) is 1. The van der Waals surface area contributed by atoms with Gasteiger partial charge in [-0.15, -0.1) is 0 Å². The molecule has 0 saturated heterocycles. The van der Waals surface area contributed by atoms with Crippen molar-refractivity contribution in [3.8, 4) is 0 Å². The van der Waals surface area contributed by atoms with Gasteiger partial charge in [0.05, 0.1) is 0 Å². The van der Waals surface area contributed by atoms with Crippen LogP contribution in [0.5, 0.6) is 0 Å². The van der Waals surface area contributed by atoms with E-state index >= 15 is 0 Å². The van der Waals surface area contributed by atoms with E-state index in [1.165, 1.54) is 0 Å². The van der Waals surface area contributed by atoms with Crippen molar-refractivity contribution < 1.29 is 45.7 Å². The van der Waals surface area contributed by atoms with Gasteiger partial charge in [-0.25, -0.2) is 0 Å². The van der Waals surface area contributed by atoms with Gasteiger partial charge in [-0.05, 0) is 0 Å². The summed E-state index contributed by atoms with van der Waals surface area (Å²) in [5.41, 5.74) is 0. The van der Waals surface area contributed by atoms with E-state index in [9.17, 15) is 25.2 Å². The van der Waals surface area contributed by atoms with Crippen molar-refractivity contribution in [2.24, 2.45) is 0 Å². The second-order valence-corrected chi connectivity index (χ2v) is 6.32. The van der Waals surface area contributed by atoms with Crippen molar-refractivity contribution in [2.45, 2.75) is 0 Å². The monoisotopic (exact) mass is 418 g/mol. The van der Waals surface area contributed by atoms with Gasteiger partial charge in [0.15, 0.2) is 0 Å². The Morgan fingerprint density at radius 2 is 1.08 bits per heavy atom. The second kappa shape index (κ2) is 3.71. The van der Waals surface area contributed by atoms with Crippen LogP contribution in [0.1, 0.15) is 0 Å². The van der Waals surface area contributed by atoms with Crippen LogP contribution in [0.2, 0.25) is 0 Å². The third kappa shape index (κ3) is 116. The first kappa shape index (κ1) is 15.6. The predicted molar refractivity (Wildman–Crippen MR) is 35.6 cm³/mol. The van der Waals surface area contributed by atoms with Crippen LogP contribution in [0.25, 0.3) is 0 Å². The molecule has 0 aliphatic carbocycles. The molecule has 0 bridgehead atoms. The van der Waals surface area contributed by atoms with Crippen LogP contribution in [-0.4, -0.2) is 18.8 Å². The summed E-state index contributed by atoms with van der Waals surface area (Å²) >= 11 is 2.48. The third-order valence-corrected chi connectivity index (χ3v) is 3.31. The van der Waals surface area contributed by atoms with Gasteiger partial charge in [0, 0.05) is 0 Å². The number of rotatable bonds is 1. The Labute approximate surface area is 79.3 Å². The Morgan fingerprint density at radius 1 is 1.00 bits per heavy atom. The van der Waals surface area contributed by atoms with E-state index < -0.39 is 7.81 Å². The molecule has 1 atom stereocenters. The fraction of sp³-hybridized carbons (Fsp3) is 1.00. The van der Waals surface area contributed by atoms with Gasteiger partial charge >= 0.3 is 78.9 Å². The zero-order valence-corrected chi connectivity index (χ0v) is 10.0. The molecule has 1 nitrogen and oxygen atoms in total. The van der Waals surface area contributed by atoms with Crippen LogP contribution in [-0.2, 0) is 20.5 Å². The molecule has 0 N–H and O–H groups in total. The molecular weight excluding hydrogens is 411 g/mol. The fourth-order valence-corrected chi connectivity index (χ4v) is 0. The zero-order chi connectivity index (χ0) is 10.7. The average molecular weight is 418 g/mol. The Kier molecular flexibility index (Phi) is 4.83. The quantitative estimate of drug-likeness (QED) is 0.354. The van der Waals surface area contributed by atoms with E-state index in [-0.39, 0.29) is 0 Å². The van der Waals surface area contributed by atoms with Crippen molar-refractivity contribution in [2.75, 3.05) is 14.1 Å². The number of nitrogens with zero attached hydrogens (tertiary/aromatic N) is 1. The molecule has 0 aromatic carbocycles. The molecule has 12 heavy (non-hydrogen) atoms. The van der Waals surface area contributed by atoms with Gasteiger partial charge in [0.1, 0.15) is 0 Å². The fourth-order valence-electron chi connectivity index (χ4n) is 0. The minimum absolute atomic E-state index is 0.892. The first-order valence-electron chi connectivity index (χ1n) is 2.28. The van der Waals surface area contributed by atoms with Crippen LogP contribution in [0.3, 0.4) is 0 Å². The van der Waals surface area contributed by atoms with E-state index in [0.717, 1.165) is 6.62 Å². The predicted octanol–water partition coefficient (Wildman–Crippen LogP) is 3.99. The molecule has 0 aromatic heterocycles. The summed E-state index contributed by atoms with van der Waals surface area (Å²) < 4.78 is 61.3. The first-order valence-corrected chi connectivity index (χ1v) is 8.31. The Bertz CT molecular complexity index is 124. The van der Waals surface area contributed by atoms with Crippen molar-refractivity contribution in [1.82, 2.24) is 4.67 Å². The van der Waals surface area contributed by atoms with Crippen molar-refractivity contribution >= 4 is 14.4 Å². The van der Waals surface area contributed by atoms with Gasteiger partial charge in [0.25, 0.3) is 0 Å². The molecule has 0 aliphatic heterocycles. The Hall–Kier alpha value is 1.14. The first-order chi connectivity index (χ1) is 4.72. The zero-order valence-electron chi connectivity index (χ0n) is 5.96. The van der Waals surface area contributed by atoms with Crippen LogP contribution >= 0.6 is 14.4 Å². The summed E-state index contributed by atoms with van der Waals surface area (Å²) in [6.07, 6.45) is 0. The standard InChI is InChI=1S/C2H7NP.Au.F6P/c1-3(2)4;;1-7(2,3,4,5)6/h4H,1-2H3;;/q-1;+1;-1. The number of hydrogen-bond donors (Lipinski definition) is 0. The van der Waals surface area contributed by atoms with Crippen LogP contribution in [0, 0.1) is 0 Å². The summed E-state index contributed by atoms with van der Waals surface area (Å²) in [4.78, 5) is 0. The molecule has 0 fully saturated rings. The molecule has 0 aliphatic rings. The molecule has 0 rings (SSSR count). The molecule has 0 spiro atoms. The molecule has 0 heterocycles. The summed E-state index contributed by atoms with van der Waals surface area (Å²) in [6.45, 7) is 0.892. The summed E-state index contributed by atoms with van der Waals surface area (Å²) in [5, 5.41) is 0. The second-order valence-electron chi connectivity index (χ2n) is 1.92. The van der Waals surface area contributed by atoms with E-state index in [1.54, 1.807) is 0 Å². The van der Waals surface area contributed by atoms with E-state index in [1.807, 2.05) is 0 Å². The molecule has 0 saturated carbocycles. The normalized spacial score (nSPS) is 18.6. The van der Waals surface area contributed by atoms with Gasteiger partial charge in [0.2, 0.25) is 0 Å². The SMILES string of the molecule is CN(C)[PH][Au].F[P-](F)(F)(F)(F)F. The van der Waals surface area contributed by atoms with Crippen molar-refractivity contribution in [3.05, 3.63) is 0 Å². The Morgan fingerprint density at radius 3 is 1.08 bits per heavy atom. The van der Waals surface area contributed by atoms with Gasteiger partial charge < -0.3 is 0 Å². The van der Waals surface area contributed by atoms with E-state index in [2.05, 4.69) is 39.3 Å². The molecule has 1 unspecified atom stereocenters. The van der Waals surface area contributed by atoms with Crippen LogP contribution in [0.15, 0.2) is 0 Å². The van der Waals surface area contributed by atoms with Crippen molar-refractivity contribution in [1.29, 1.82) is 0 Å². The van der Waals surface area contributed by atoms with Gasteiger partial charge in [-0.1, -0.05) is 0 Å². The average Bonchev–Trinajstić information content (AvgIpc) is 1.56. The minimum atomic E-state index is -10.7. The maximum absolute atomic E-state index is 10.7. The number of halogens is 6. The molecule has 84 valence electrons. The molecule has 10 heteroatoms. The Balaban J connectivity index is 0. The third-order valence-electron chi connectivity index (χ3n) is 0.135. The van der Waals surface area contributed by atoms with Gasteiger partial charge in [-0.3, -0.25) is 0 Å². The summed E-state index contributed by atoms with van der Waals surface area (Å²) in [7, 11) is -6.55. The molecular formula is C2H7AuF6NP2-. The topological polar surface area (TPSA) is 3.24 Å². The molecule has 0 amide bonds. The summed E-state index contributed by atoms with van der Waals surface area (Å²) in [6, 6.07) is 0. The summed E-state index contributed by atoms with van der Waals surface area (Å²) in [5.74, 6) is 0. The molecule has 0 radical (unpaired) electrons. The van der Waals surface area contributed by atoms with Gasteiger partial charge in [-0.2, -0.15) is 0 Å². The van der Waals surface area contributed by atoms with Crippen LogP contribution < -0.4 is 0 Å².